The summed E-state index contributed by atoms with van der Waals surface area (Å²) in [5.74, 6) is 0.910. The molecular formula is C21H32N2O2S. The first-order valence-corrected chi connectivity index (χ1v) is 10.8. The lowest BCUT2D eigenvalue weighted by Gasteiger charge is -2.33. The third kappa shape index (κ3) is 4.30. The summed E-state index contributed by atoms with van der Waals surface area (Å²) >= 11 is 1.69. The fourth-order valence-electron chi connectivity index (χ4n) is 4.13. The van der Waals surface area contributed by atoms with Gasteiger partial charge < -0.3 is 10.2 Å². The van der Waals surface area contributed by atoms with E-state index in [9.17, 15) is 9.59 Å². The zero-order valence-electron chi connectivity index (χ0n) is 16.6. The largest absolute Gasteiger partial charge is 0.352 e. The van der Waals surface area contributed by atoms with Gasteiger partial charge in [0.2, 0.25) is 5.91 Å². The van der Waals surface area contributed by atoms with E-state index < -0.39 is 0 Å². The van der Waals surface area contributed by atoms with E-state index in [0.29, 0.717) is 24.3 Å². The van der Waals surface area contributed by atoms with Crippen LogP contribution < -0.4 is 5.32 Å². The second kappa shape index (κ2) is 7.71. The molecule has 5 heteroatoms. The summed E-state index contributed by atoms with van der Waals surface area (Å²) in [6, 6.07) is 2.24. The van der Waals surface area contributed by atoms with Gasteiger partial charge in [-0.25, -0.2) is 0 Å². The van der Waals surface area contributed by atoms with Crippen molar-refractivity contribution in [1.82, 2.24) is 10.2 Å². The predicted molar refractivity (Wildman–Crippen MR) is 107 cm³/mol. The van der Waals surface area contributed by atoms with E-state index in [1.54, 1.807) is 11.3 Å². The van der Waals surface area contributed by atoms with E-state index in [1.165, 1.54) is 16.9 Å². The molecule has 26 heavy (non-hydrogen) atoms. The smallest absolute Gasteiger partial charge is 0.264 e. The lowest BCUT2D eigenvalue weighted by molar-refractivity contribution is -0.121. The first-order valence-electron chi connectivity index (χ1n) is 9.98. The van der Waals surface area contributed by atoms with Gasteiger partial charge in [0.25, 0.3) is 5.91 Å². The van der Waals surface area contributed by atoms with Crippen LogP contribution in [0.5, 0.6) is 0 Å². The molecule has 2 heterocycles. The molecule has 1 aliphatic heterocycles. The van der Waals surface area contributed by atoms with Crippen LogP contribution in [0.25, 0.3) is 0 Å². The molecular weight excluding hydrogens is 344 g/mol. The number of hydrogen-bond acceptors (Lipinski definition) is 3. The molecule has 1 N–H and O–H groups in total. The summed E-state index contributed by atoms with van der Waals surface area (Å²) < 4.78 is 0. The SMILES string of the molecule is CCC(=O)NC1CCCN(C(=O)c2cc3c(s2)CCC(C(C)(C)C)C3)C1. The van der Waals surface area contributed by atoms with Crippen LogP contribution in [0, 0.1) is 11.3 Å². The molecule has 2 atom stereocenters. The normalized spacial score (nSPS) is 23.5. The van der Waals surface area contributed by atoms with Gasteiger partial charge in [0, 0.05) is 30.4 Å². The number of carbonyl (C=O) groups is 2. The van der Waals surface area contributed by atoms with Crippen molar-refractivity contribution < 1.29 is 9.59 Å². The Morgan fingerprint density at radius 1 is 1.31 bits per heavy atom. The maximum atomic E-state index is 13.0. The number of aryl methyl sites for hydroxylation is 1. The van der Waals surface area contributed by atoms with Gasteiger partial charge in [-0.15, -0.1) is 11.3 Å². The van der Waals surface area contributed by atoms with E-state index >= 15 is 0 Å². The molecule has 0 bridgehead atoms. The Morgan fingerprint density at radius 3 is 2.77 bits per heavy atom. The molecule has 1 aromatic rings. The summed E-state index contributed by atoms with van der Waals surface area (Å²) in [4.78, 5) is 28.9. The summed E-state index contributed by atoms with van der Waals surface area (Å²) in [5.41, 5.74) is 1.71. The quantitative estimate of drug-likeness (QED) is 0.866. The van der Waals surface area contributed by atoms with Crippen molar-refractivity contribution in [3.8, 4) is 0 Å². The number of carbonyl (C=O) groups excluding carboxylic acids is 2. The molecule has 2 aliphatic rings. The van der Waals surface area contributed by atoms with Gasteiger partial charge in [0.05, 0.1) is 4.88 Å². The maximum Gasteiger partial charge on any atom is 0.264 e. The van der Waals surface area contributed by atoms with Gasteiger partial charge in [-0.3, -0.25) is 9.59 Å². The van der Waals surface area contributed by atoms with Crippen molar-refractivity contribution in [3.05, 3.63) is 21.4 Å². The molecule has 2 unspecified atom stereocenters. The number of piperidine rings is 1. The summed E-state index contributed by atoms with van der Waals surface area (Å²) in [6.45, 7) is 10.3. The monoisotopic (exact) mass is 376 g/mol. The highest BCUT2D eigenvalue weighted by Crippen LogP contribution is 2.40. The molecule has 0 saturated carbocycles. The lowest BCUT2D eigenvalue weighted by atomic mass is 9.72. The minimum absolute atomic E-state index is 0.0732. The zero-order chi connectivity index (χ0) is 18.9. The molecule has 144 valence electrons. The van der Waals surface area contributed by atoms with E-state index in [1.807, 2.05) is 11.8 Å². The number of fused-ring (bicyclic) bond motifs is 1. The third-order valence-corrected chi connectivity index (χ3v) is 7.14. The van der Waals surface area contributed by atoms with E-state index in [-0.39, 0.29) is 17.9 Å². The number of amides is 2. The maximum absolute atomic E-state index is 13.0. The summed E-state index contributed by atoms with van der Waals surface area (Å²) in [5, 5.41) is 3.05. The van der Waals surface area contributed by atoms with Gasteiger partial charge in [-0.05, 0) is 55.1 Å². The highest BCUT2D eigenvalue weighted by Gasteiger charge is 2.32. The second-order valence-corrected chi connectivity index (χ2v) is 10.0. The van der Waals surface area contributed by atoms with Gasteiger partial charge >= 0.3 is 0 Å². The van der Waals surface area contributed by atoms with Crippen LogP contribution in [0.1, 0.15) is 73.5 Å². The Balaban J connectivity index is 1.67. The van der Waals surface area contributed by atoms with Crippen LogP contribution in [-0.4, -0.2) is 35.8 Å². The molecule has 0 radical (unpaired) electrons. The summed E-state index contributed by atoms with van der Waals surface area (Å²) in [7, 11) is 0. The minimum atomic E-state index is 0.0732. The van der Waals surface area contributed by atoms with Crippen molar-refractivity contribution in [1.29, 1.82) is 0 Å². The highest BCUT2D eigenvalue weighted by molar-refractivity contribution is 7.14. The molecule has 0 spiro atoms. The van der Waals surface area contributed by atoms with Crippen LogP contribution in [0.15, 0.2) is 6.07 Å². The van der Waals surface area contributed by atoms with Gasteiger partial charge in [-0.1, -0.05) is 27.7 Å². The second-order valence-electron chi connectivity index (χ2n) is 8.88. The Labute approximate surface area is 161 Å². The van der Waals surface area contributed by atoms with Crippen molar-refractivity contribution in [2.24, 2.45) is 11.3 Å². The Hall–Kier alpha value is -1.36. The van der Waals surface area contributed by atoms with E-state index in [2.05, 4.69) is 32.2 Å². The fourth-order valence-corrected chi connectivity index (χ4v) is 5.31. The number of rotatable bonds is 3. The molecule has 1 aromatic heterocycles. The fraction of sp³-hybridized carbons (Fsp3) is 0.714. The van der Waals surface area contributed by atoms with E-state index in [0.717, 1.165) is 37.1 Å². The predicted octanol–water partition coefficient (Wildman–Crippen LogP) is 4.03. The van der Waals surface area contributed by atoms with Gasteiger partial charge in [0.15, 0.2) is 0 Å². The van der Waals surface area contributed by atoms with Gasteiger partial charge in [-0.2, -0.15) is 0 Å². The molecule has 0 aromatic carbocycles. The average molecular weight is 377 g/mol. The molecule has 1 fully saturated rings. The van der Waals surface area contributed by atoms with E-state index in [4.69, 9.17) is 0 Å². The van der Waals surface area contributed by atoms with Crippen molar-refractivity contribution in [2.45, 2.75) is 72.3 Å². The van der Waals surface area contributed by atoms with Crippen molar-refractivity contribution in [3.63, 3.8) is 0 Å². The molecule has 4 nitrogen and oxygen atoms in total. The third-order valence-electron chi connectivity index (χ3n) is 5.91. The first-order chi connectivity index (χ1) is 12.3. The number of nitrogens with one attached hydrogen (secondary N) is 1. The van der Waals surface area contributed by atoms with Crippen molar-refractivity contribution in [2.75, 3.05) is 13.1 Å². The zero-order valence-corrected chi connectivity index (χ0v) is 17.4. The Bertz CT molecular complexity index is 674. The average Bonchev–Trinajstić information content (AvgIpc) is 3.03. The van der Waals surface area contributed by atoms with Crippen LogP contribution in [0.2, 0.25) is 0 Å². The Morgan fingerprint density at radius 2 is 2.08 bits per heavy atom. The van der Waals surface area contributed by atoms with Gasteiger partial charge in [0.1, 0.15) is 0 Å². The number of thiophene rings is 1. The van der Waals surface area contributed by atoms with Crippen LogP contribution >= 0.6 is 11.3 Å². The topological polar surface area (TPSA) is 49.4 Å². The Kier molecular flexibility index (Phi) is 5.75. The number of hydrogen-bond donors (Lipinski definition) is 1. The van der Waals surface area contributed by atoms with Crippen LogP contribution in [-0.2, 0) is 17.6 Å². The van der Waals surface area contributed by atoms with Crippen LogP contribution in [0.3, 0.4) is 0 Å². The highest BCUT2D eigenvalue weighted by atomic mass is 32.1. The molecule has 1 aliphatic carbocycles. The molecule has 1 saturated heterocycles. The number of nitrogens with zero attached hydrogens (tertiary/aromatic N) is 1. The molecule has 3 rings (SSSR count). The standard InChI is InChI=1S/C21H32N2O2S/c1-5-19(24)22-16-7-6-10-23(13-16)20(25)18-12-14-11-15(21(2,3)4)8-9-17(14)26-18/h12,15-16H,5-11,13H2,1-4H3,(H,22,24). The van der Waals surface area contributed by atoms with Crippen molar-refractivity contribution >= 4 is 23.2 Å². The van der Waals surface area contributed by atoms with Crippen LogP contribution in [0.4, 0.5) is 0 Å². The lowest BCUT2D eigenvalue weighted by Crippen LogP contribution is -2.49. The summed E-state index contributed by atoms with van der Waals surface area (Å²) in [6.07, 6.45) is 5.83. The number of likely N-dealkylation sites (tertiary alicyclic amines) is 1. The molecule has 2 amide bonds. The first kappa shape index (κ1) is 19.4. The minimum Gasteiger partial charge on any atom is -0.352 e.